The van der Waals surface area contributed by atoms with E-state index in [1.807, 2.05) is 6.08 Å². The molecule has 2 rings (SSSR count). The third kappa shape index (κ3) is 0.648. The van der Waals surface area contributed by atoms with E-state index >= 15 is 0 Å². The minimum Gasteiger partial charge on any atom is -0.373 e. The summed E-state index contributed by atoms with van der Waals surface area (Å²) < 4.78 is 5.36. The fraction of sp³-hybridized carbons (Fsp3) is 0.500. The standard InChI is InChI=1S/C8H10O/c1-2-6-3-8-4-7(6)5-9-8/h2-3,7-8H,1,4-5H2. The molecule has 0 radical (unpaired) electrons. The quantitative estimate of drug-likeness (QED) is 0.512. The average Bonchev–Trinajstić information content (AvgIpc) is 2.45. The SMILES string of the molecule is C=CC1=CC2CC1CO2. The first kappa shape index (κ1) is 5.24. The third-order valence-corrected chi connectivity index (χ3v) is 2.11. The van der Waals surface area contributed by atoms with Crippen molar-refractivity contribution >= 4 is 0 Å². The van der Waals surface area contributed by atoms with Crippen LogP contribution in [0.4, 0.5) is 0 Å². The van der Waals surface area contributed by atoms with E-state index in [0.29, 0.717) is 12.0 Å². The molecule has 1 aliphatic heterocycles. The zero-order valence-electron chi connectivity index (χ0n) is 5.34. The van der Waals surface area contributed by atoms with E-state index in [2.05, 4.69) is 12.7 Å². The van der Waals surface area contributed by atoms with Crippen molar-refractivity contribution in [3.8, 4) is 0 Å². The van der Waals surface area contributed by atoms with Crippen molar-refractivity contribution in [3.63, 3.8) is 0 Å². The lowest BCUT2D eigenvalue weighted by Crippen LogP contribution is -2.04. The summed E-state index contributed by atoms with van der Waals surface area (Å²) >= 11 is 0. The van der Waals surface area contributed by atoms with Crippen LogP contribution in [-0.2, 0) is 4.74 Å². The van der Waals surface area contributed by atoms with E-state index in [9.17, 15) is 0 Å². The molecule has 0 spiro atoms. The van der Waals surface area contributed by atoms with Gasteiger partial charge in [0.1, 0.15) is 0 Å². The molecule has 0 aromatic heterocycles. The molecule has 1 fully saturated rings. The van der Waals surface area contributed by atoms with Crippen LogP contribution in [-0.4, -0.2) is 12.7 Å². The molecule has 2 atom stereocenters. The van der Waals surface area contributed by atoms with Crippen LogP contribution in [0.1, 0.15) is 6.42 Å². The fourth-order valence-corrected chi connectivity index (χ4v) is 1.59. The van der Waals surface area contributed by atoms with Crippen LogP contribution in [0, 0.1) is 5.92 Å². The van der Waals surface area contributed by atoms with E-state index in [1.165, 1.54) is 12.0 Å². The van der Waals surface area contributed by atoms with Crippen molar-refractivity contribution < 1.29 is 4.74 Å². The molecule has 2 bridgehead atoms. The summed E-state index contributed by atoms with van der Waals surface area (Å²) in [6.45, 7) is 4.66. The van der Waals surface area contributed by atoms with E-state index in [4.69, 9.17) is 4.74 Å². The molecule has 2 aliphatic rings. The van der Waals surface area contributed by atoms with Gasteiger partial charge in [-0.3, -0.25) is 0 Å². The van der Waals surface area contributed by atoms with Gasteiger partial charge in [0.15, 0.2) is 0 Å². The predicted molar refractivity (Wildman–Crippen MR) is 36.1 cm³/mol. The third-order valence-electron chi connectivity index (χ3n) is 2.11. The van der Waals surface area contributed by atoms with E-state index < -0.39 is 0 Å². The summed E-state index contributed by atoms with van der Waals surface area (Å²) in [5, 5.41) is 0. The Labute approximate surface area is 55.0 Å². The first-order chi connectivity index (χ1) is 4.40. The monoisotopic (exact) mass is 122 g/mol. The van der Waals surface area contributed by atoms with Gasteiger partial charge in [-0.15, -0.1) is 0 Å². The smallest absolute Gasteiger partial charge is 0.0768 e. The van der Waals surface area contributed by atoms with Gasteiger partial charge in [0, 0.05) is 5.92 Å². The van der Waals surface area contributed by atoms with E-state index in [0.717, 1.165) is 6.61 Å². The van der Waals surface area contributed by atoms with Crippen molar-refractivity contribution in [2.75, 3.05) is 6.61 Å². The maximum atomic E-state index is 5.36. The highest BCUT2D eigenvalue weighted by Crippen LogP contribution is 2.34. The molecular formula is C8H10O. The maximum Gasteiger partial charge on any atom is 0.0768 e. The van der Waals surface area contributed by atoms with Crippen molar-refractivity contribution in [3.05, 3.63) is 24.3 Å². The predicted octanol–water partition coefficient (Wildman–Crippen LogP) is 1.52. The molecule has 48 valence electrons. The van der Waals surface area contributed by atoms with Gasteiger partial charge in [-0.2, -0.15) is 0 Å². The summed E-state index contributed by atoms with van der Waals surface area (Å²) in [5.41, 5.74) is 1.39. The largest absolute Gasteiger partial charge is 0.373 e. The minimum absolute atomic E-state index is 0.419. The minimum atomic E-state index is 0.419. The summed E-state index contributed by atoms with van der Waals surface area (Å²) in [6, 6.07) is 0. The molecule has 0 saturated carbocycles. The Bertz CT molecular complexity index is 169. The van der Waals surface area contributed by atoms with Crippen LogP contribution in [0.3, 0.4) is 0 Å². The van der Waals surface area contributed by atoms with Gasteiger partial charge in [-0.1, -0.05) is 18.7 Å². The van der Waals surface area contributed by atoms with Crippen LogP contribution in [0.25, 0.3) is 0 Å². The van der Waals surface area contributed by atoms with Crippen molar-refractivity contribution in [1.29, 1.82) is 0 Å². The summed E-state index contributed by atoms with van der Waals surface area (Å²) in [4.78, 5) is 0. The Morgan fingerprint density at radius 1 is 1.78 bits per heavy atom. The van der Waals surface area contributed by atoms with Crippen LogP contribution in [0.15, 0.2) is 24.3 Å². The number of hydrogen-bond acceptors (Lipinski definition) is 1. The van der Waals surface area contributed by atoms with Gasteiger partial charge >= 0.3 is 0 Å². The van der Waals surface area contributed by atoms with Crippen molar-refractivity contribution in [2.24, 2.45) is 5.92 Å². The second-order valence-corrected chi connectivity index (χ2v) is 2.68. The molecule has 1 heteroatoms. The molecule has 1 nitrogen and oxygen atoms in total. The number of allylic oxidation sites excluding steroid dienone is 1. The summed E-state index contributed by atoms with van der Waals surface area (Å²) in [6.07, 6.45) is 5.75. The normalized spacial score (nSPS) is 38.9. The molecule has 1 aliphatic carbocycles. The molecule has 1 saturated heterocycles. The zero-order chi connectivity index (χ0) is 6.27. The maximum absolute atomic E-state index is 5.36. The Kier molecular flexibility index (Phi) is 0.995. The highest BCUT2D eigenvalue weighted by atomic mass is 16.5. The van der Waals surface area contributed by atoms with Crippen LogP contribution in [0.2, 0.25) is 0 Å². The van der Waals surface area contributed by atoms with Gasteiger partial charge < -0.3 is 4.74 Å². The molecule has 2 unspecified atom stereocenters. The van der Waals surface area contributed by atoms with Gasteiger partial charge in [-0.25, -0.2) is 0 Å². The van der Waals surface area contributed by atoms with Gasteiger partial charge in [0.05, 0.1) is 12.7 Å². The Morgan fingerprint density at radius 2 is 2.67 bits per heavy atom. The summed E-state index contributed by atoms with van der Waals surface area (Å²) in [5.74, 6) is 0.674. The Hall–Kier alpha value is -0.560. The molecule has 9 heavy (non-hydrogen) atoms. The lowest BCUT2D eigenvalue weighted by atomic mass is 10.0. The second-order valence-electron chi connectivity index (χ2n) is 2.68. The highest BCUT2D eigenvalue weighted by molar-refractivity contribution is 5.28. The van der Waals surface area contributed by atoms with Crippen molar-refractivity contribution in [1.82, 2.24) is 0 Å². The Balaban J connectivity index is 2.26. The summed E-state index contributed by atoms with van der Waals surface area (Å²) in [7, 11) is 0. The molecule has 0 amide bonds. The van der Waals surface area contributed by atoms with Crippen LogP contribution >= 0.6 is 0 Å². The lowest BCUT2D eigenvalue weighted by molar-refractivity contribution is 0.133. The fourth-order valence-electron chi connectivity index (χ4n) is 1.59. The van der Waals surface area contributed by atoms with Crippen LogP contribution < -0.4 is 0 Å². The van der Waals surface area contributed by atoms with Gasteiger partial charge in [0.2, 0.25) is 0 Å². The molecule has 0 aromatic carbocycles. The number of rotatable bonds is 1. The van der Waals surface area contributed by atoms with Gasteiger partial charge in [-0.05, 0) is 12.0 Å². The number of hydrogen-bond donors (Lipinski definition) is 0. The topological polar surface area (TPSA) is 9.23 Å². The molecule has 0 N–H and O–H groups in total. The van der Waals surface area contributed by atoms with E-state index in [-0.39, 0.29) is 0 Å². The van der Waals surface area contributed by atoms with Crippen LogP contribution in [0.5, 0.6) is 0 Å². The number of fused-ring (bicyclic) bond motifs is 2. The molecular weight excluding hydrogens is 112 g/mol. The first-order valence-corrected chi connectivity index (χ1v) is 3.36. The molecule has 1 heterocycles. The Morgan fingerprint density at radius 3 is 3.00 bits per heavy atom. The second kappa shape index (κ2) is 1.71. The average molecular weight is 122 g/mol. The van der Waals surface area contributed by atoms with Crippen molar-refractivity contribution in [2.45, 2.75) is 12.5 Å². The lowest BCUT2D eigenvalue weighted by Gasteiger charge is -2.07. The molecule has 0 aromatic rings. The zero-order valence-corrected chi connectivity index (χ0v) is 5.34. The van der Waals surface area contributed by atoms with Gasteiger partial charge in [0.25, 0.3) is 0 Å². The number of ether oxygens (including phenoxy) is 1. The highest BCUT2D eigenvalue weighted by Gasteiger charge is 2.31. The first-order valence-electron chi connectivity index (χ1n) is 3.36. The van der Waals surface area contributed by atoms with E-state index in [1.54, 1.807) is 0 Å².